The van der Waals surface area contributed by atoms with Crippen molar-refractivity contribution in [3.05, 3.63) is 26.7 Å². The van der Waals surface area contributed by atoms with E-state index in [1.807, 2.05) is 0 Å². The second-order valence-electron chi connectivity index (χ2n) is 4.27. The monoisotopic (exact) mass is 366 g/mol. The third-order valence-corrected chi connectivity index (χ3v) is 4.10. The van der Waals surface area contributed by atoms with Crippen LogP contribution in [0.4, 0.5) is 5.69 Å². The number of carbonyl (C=O) groups excluding carboxylic acids is 1. The SMILES string of the molecule is CNC1COCC1C(=O)Nc1c(Cl)cc(Br)cc1Cl. The number of carbonyl (C=O) groups is 1. The van der Waals surface area contributed by atoms with Crippen LogP contribution in [0.5, 0.6) is 0 Å². The van der Waals surface area contributed by atoms with Gasteiger partial charge in [-0.2, -0.15) is 0 Å². The van der Waals surface area contributed by atoms with E-state index in [-0.39, 0.29) is 17.9 Å². The first-order chi connectivity index (χ1) is 9.02. The smallest absolute Gasteiger partial charge is 0.231 e. The number of rotatable bonds is 3. The molecule has 2 N–H and O–H groups in total. The van der Waals surface area contributed by atoms with Crippen molar-refractivity contribution in [3.8, 4) is 0 Å². The summed E-state index contributed by atoms with van der Waals surface area (Å²) in [6, 6.07) is 3.38. The van der Waals surface area contributed by atoms with E-state index < -0.39 is 0 Å². The number of likely N-dealkylation sites (N-methyl/N-ethyl adjacent to an activating group) is 1. The van der Waals surface area contributed by atoms with Gasteiger partial charge in [0.25, 0.3) is 0 Å². The van der Waals surface area contributed by atoms with Crippen molar-refractivity contribution >= 4 is 50.7 Å². The summed E-state index contributed by atoms with van der Waals surface area (Å²) >= 11 is 15.4. The Labute approximate surface area is 129 Å². The predicted molar refractivity (Wildman–Crippen MR) is 79.9 cm³/mol. The van der Waals surface area contributed by atoms with Crippen LogP contribution in [0.15, 0.2) is 16.6 Å². The Morgan fingerprint density at radius 2 is 2.00 bits per heavy atom. The first-order valence-corrected chi connectivity index (χ1v) is 7.28. The van der Waals surface area contributed by atoms with E-state index in [0.717, 1.165) is 4.47 Å². The molecule has 2 atom stereocenters. The predicted octanol–water partition coefficient (Wildman–Crippen LogP) is 2.93. The largest absolute Gasteiger partial charge is 0.379 e. The van der Waals surface area contributed by atoms with Gasteiger partial charge < -0.3 is 15.4 Å². The van der Waals surface area contributed by atoms with Crippen LogP contribution >= 0.6 is 39.1 Å². The molecule has 1 heterocycles. The number of hydrogen-bond acceptors (Lipinski definition) is 3. The van der Waals surface area contributed by atoms with Gasteiger partial charge in [-0.1, -0.05) is 39.1 Å². The molecule has 1 aliphatic heterocycles. The average molecular weight is 368 g/mol. The number of halogens is 3. The van der Waals surface area contributed by atoms with Gasteiger partial charge in [-0.05, 0) is 19.2 Å². The number of ether oxygens (including phenoxy) is 1. The topological polar surface area (TPSA) is 50.4 Å². The zero-order valence-corrected chi connectivity index (χ0v) is 13.3. The van der Waals surface area contributed by atoms with Crippen LogP contribution in [0.2, 0.25) is 10.0 Å². The molecule has 1 amide bonds. The first kappa shape index (κ1) is 15.1. The molecule has 4 nitrogen and oxygen atoms in total. The summed E-state index contributed by atoms with van der Waals surface area (Å²) in [6.07, 6.45) is 0. The molecular weight excluding hydrogens is 355 g/mol. The van der Waals surface area contributed by atoms with Crippen LogP contribution in [0.1, 0.15) is 0 Å². The number of nitrogens with one attached hydrogen (secondary N) is 2. The van der Waals surface area contributed by atoms with E-state index in [1.54, 1.807) is 19.2 Å². The molecule has 0 aromatic heterocycles. The lowest BCUT2D eigenvalue weighted by atomic mass is 10.0. The van der Waals surface area contributed by atoms with Gasteiger partial charge in [0.2, 0.25) is 5.91 Å². The number of anilines is 1. The summed E-state index contributed by atoms with van der Waals surface area (Å²) in [6.45, 7) is 0.916. The fourth-order valence-electron chi connectivity index (χ4n) is 1.97. The Morgan fingerprint density at radius 1 is 1.37 bits per heavy atom. The minimum atomic E-state index is -0.249. The van der Waals surface area contributed by atoms with Crippen molar-refractivity contribution in [1.82, 2.24) is 5.32 Å². The highest BCUT2D eigenvalue weighted by Gasteiger charge is 2.33. The van der Waals surface area contributed by atoms with Crippen LogP contribution in [0, 0.1) is 5.92 Å². The minimum absolute atomic E-state index is 0.00741. The average Bonchev–Trinajstić information content (AvgIpc) is 2.81. The van der Waals surface area contributed by atoms with Crippen molar-refractivity contribution in [2.45, 2.75) is 6.04 Å². The summed E-state index contributed by atoms with van der Waals surface area (Å²) in [5.41, 5.74) is 0.429. The lowest BCUT2D eigenvalue weighted by Crippen LogP contribution is -2.39. The number of amides is 1. The molecule has 2 unspecified atom stereocenters. The van der Waals surface area contributed by atoms with Crippen LogP contribution in [-0.4, -0.2) is 32.2 Å². The zero-order chi connectivity index (χ0) is 14.0. The van der Waals surface area contributed by atoms with E-state index in [1.165, 1.54) is 0 Å². The normalized spacial score (nSPS) is 22.5. The molecule has 1 aromatic rings. The highest BCUT2D eigenvalue weighted by molar-refractivity contribution is 9.10. The second kappa shape index (κ2) is 6.41. The van der Waals surface area contributed by atoms with Crippen molar-refractivity contribution in [2.75, 3.05) is 25.6 Å². The van der Waals surface area contributed by atoms with Crippen molar-refractivity contribution in [2.24, 2.45) is 5.92 Å². The summed E-state index contributed by atoms with van der Waals surface area (Å²) < 4.78 is 6.06. The molecule has 0 bridgehead atoms. The van der Waals surface area contributed by atoms with E-state index in [9.17, 15) is 4.79 Å². The van der Waals surface area contributed by atoms with Crippen LogP contribution in [0.3, 0.4) is 0 Å². The van der Waals surface area contributed by atoms with Crippen LogP contribution in [-0.2, 0) is 9.53 Å². The molecular formula is C12H13BrCl2N2O2. The molecule has 104 valence electrons. The van der Waals surface area contributed by atoms with Crippen molar-refractivity contribution < 1.29 is 9.53 Å². The molecule has 1 aliphatic rings. The Morgan fingerprint density at radius 3 is 2.58 bits per heavy atom. The van der Waals surface area contributed by atoms with E-state index >= 15 is 0 Å². The van der Waals surface area contributed by atoms with Gasteiger partial charge in [-0.3, -0.25) is 4.79 Å². The van der Waals surface area contributed by atoms with Gasteiger partial charge in [0.1, 0.15) is 0 Å². The highest BCUT2D eigenvalue weighted by Crippen LogP contribution is 2.34. The van der Waals surface area contributed by atoms with Crippen molar-refractivity contribution in [3.63, 3.8) is 0 Å². The molecule has 0 spiro atoms. The fraction of sp³-hybridized carbons (Fsp3) is 0.417. The lowest BCUT2D eigenvalue weighted by Gasteiger charge is -2.17. The zero-order valence-electron chi connectivity index (χ0n) is 10.2. The maximum absolute atomic E-state index is 12.2. The summed E-state index contributed by atoms with van der Waals surface area (Å²) in [7, 11) is 1.80. The van der Waals surface area contributed by atoms with Crippen molar-refractivity contribution in [1.29, 1.82) is 0 Å². The summed E-state index contributed by atoms with van der Waals surface area (Å²) in [4.78, 5) is 12.2. The standard InChI is InChI=1S/C12H13BrCl2N2O2/c1-16-10-5-19-4-7(10)12(18)17-11-8(14)2-6(13)3-9(11)15/h2-3,7,10,16H,4-5H2,1H3,(H,17,18). The molecule has 1 fully saturated rings. The van der Waals surface area contributed by atoms with Crippen LogP contribution in [0.25, 0.3) is 0 Å². The molecule has 0 radical (unpaired) electrons. The number of hydrogen-bond donors (Lipinski definition) is 2. The van der Waals surface area contributed by atoms with E-state index in [0.29, 0.717) is 28.9 Å². The Bertz CT molecular complexity index is 476. The molecule has 0 saturated carbocycles. The molecule has 1 saturated heterocycles. The maximum atomic E-state index is 12.2. The van der Waals surface area contributed by atoms with Crippen LogP contribution < -0.4 is 10.6 Å². The van der Waals surface area contributed by atoms with E-state index in [4.69, 9.17) is 27.9 Å². The minimum Gasteiger partial charge on any atom is -0.379 e. The fourth-order valence-corrected chi connectivity index (χ4v) is 3.28. The Hall–Kier alpha value is -0.330. The van der Waals surface area contributed by atoms with Gasteiger partial charge >= 0.3 is 0 Å². The molecule has 2 rings (SSSR count). The third kappa shape index (κ3) is 3.41. The Balaban J connectivity index is 2.15. The summed E-state index contributed by atoms with van der Waals surface area (Å²) in [5.74, 6) is -0.399. The van der Waals surface area contributed by atoms with Gasteiger partial charge in [-0.25, -0.2) is 0 Å². The van der Waals surface area contributed by atoms with Gasteiger partial charge in [-0.15, -0.1) is 0 Å². The number of benzene rings is 1. The summed E-state index contributed by atoms with van der Waals surface area (Å²) in [5, 5.41) is 6.62. The van der Waals surface area contributed by atoms with Gasteiger partial charge in [0.15, 0.2) is 0 Å². The first-order valence-electron chi connectivity index (χ1n) is 5.73. The lowest BCUT2D eigenvalue weighted by molar-refractivity contribution is -0.120. The third-order valence-electron chi connectivity index (χ3n) is 3.04. The second-order valence-corrected chi connectivity index (χ2v) is 6.00. The highest BCUT2D eigenvalue weighted by atomic mass is 79.9. The molecule has 0 aliphatic carbocycles. The molecule has 19 heavy (non-hydrogen) atoms. The van der Waals surface area contributed by atoms with Gasteiger partial charge in [0, 0.05) is 10.5 Å². The Kier molecular flexibility index (Phi) is 5.09. The molecule has 7 heteroatoms. The molecule has 1 aromatic carbocycles. The van der Waals surface area contributed by atoms with E-state index in [2.05, 4.69) is 26.6 Å². The quantitative estimate of drug-likeness (QED) is 0.863. The maximum Gasteiger partial charge on any atom is 0.231 e. The van der Waals surface area contributed by atoms with Gasteiger partial charge in [0.05, 0.1) is 34.9 Å².